The third-order valence-corrected chi connectivity index (χ3v) is 4.26. The van der Waals surface area contributed by atoms with Gasteiger partial charge in [0.05, 0.1) is 0 Å². The number of carbonyl (C=O) groups excluding carboxylic acids is 1. The third-order valence-electron chi connectivity index (χ3n) is 4.26. The molecule has 1 aliphatic rings. The Balaban J connectivity index is 1.72. The first kappa shape index (κ1) is 19.2. The van der Waals surface area contributed by atoms with Gasteiger partial charge in [-0.3, -0.25) is 4.79 Å². The van der Waals surface area contributed by atoms with Crippen LogP contribution in [0.5, 0.6) is 0 Å². The molecule has 1 aromatic rings. The van der Waals surface area contributed by atoms with Crippen molar-refractivity contribution < 1.29 is 4.79 Å². The van der Waals surface area contributed by atoms with E-state index in [4.69, 9.17) is 0 Å². The van der Waals surface area contributed by atoms with Gasteiger partial charge >= 0.3 is 0 Å². The van der Waals surface area contributed by atoms with E-state index in [0.717, 1.165) is 52.1 Å². The lowest BCUT2D eigenvalue weighted by molar-refractivity contribution is -0.128. The quantitative estimate of drug-likeness (QED) is 0.551. The zero-order valence-electron chi connectivity index (χ0n) is 15.5. The van der Waals surface area contributed by atoms with Crippen molar-refractivity contribution in [2.45, 2.75) is 26.3 Å². The molecule has 6 nitrogen and oxygen atoms in total. The van der Waals surface area contributed by atoms with Crippen LogP contribution in [0.25, 0.3) is 0 Å². The topological polar surface area (TPSA) is 60.0 Å². The Morgan fingerprint density at radius 3 is 2.60 bits per heavy atom. The molecule has 0 saturated carbocycles. The largest absolute Gasteiger partial charge is 0.357 e. The van der Waals surface area contributed by atoms with Gasteiger partial charge in [0, 0.05) is 39.3 Å². The van der Waals surface area contributed by atoms with Gasteiger partial charge in [-0.25, -0.2) is 4.99 Å². The fourth-order valence-corrected chi connectivity index (χ4v) is 2.89. The summed E-state index contributed by atoms with van der Waals surface area (Å²) < 4.78 is 0. The lowest BCUT2D eigenvalue weighted by Gasteiger charge is -2.19. The van der Waals surface area contributed by atoms with E-state index < -0.39 is 0 Å². The minimum Gasteiger partial charge on any atom is -0.357 e. The van der Waals surface area contributed by atoms with Gasteiger partial charge in [-0.15, -0.1) is 0 Å². The molecule has 0 aromatic heterocycles. The van der Waals surface area contributed by atoms with Crippen LogP contribution in [0.4, 0.5) is 0 Å². The van der Waals surface area contributed by atoms with E-state index in [-0.39, 0.29) is 12.5 Å². The van der Waals surface area contributed by atoms with Crippen molar-refractivity contribution in [3.8, 4) is 0 Å². The van der Waals surface area contributed by atoms with Gasteiger partial charge in [0.25, 0.3) is 0 Å². The number of hydrogen-bond acceptors (Lipinski definition) is 3. The number of hydrogen-bond donors (Lipinski definition) is 2. The SMILES string of the molecule is CCNC(=NCC(=O)N1CCCC1)NCCN(C)Cc1ccccc1. The zero-order valence-corrected chi connectivity index (χ0v) is 15.5. The van der Waals surface area contributed by atoms with Crippen molar-refractivity contribution >= 4 is 11.9 Å². The van der Waals surface area contributed by atoms with E-state index in [1.807, 2.05) is 17.9 Å². The summed E-state index contributed by atoms with van der Waals surface area (Å²) in [5, 5.41) is 6.51. The van der Waals surface area contributed by atoms with Gasteiger partial charge in [-0.05, 0) is 32.4 Å². The number of carbonyl (C=O) groups is 1. The first-order valence-electron chi connectivity index (χ1n) is 9.21. The van der Waals surface area contributed by atoms with Crippen molar-refractivity contribution in [1.82, 2.24) is 20.4 Å². The molecule has 2 rings (SSSR count). The van der Waals surface area contributed by atoms with E-state index in [1.54, 1.807) is 0 Å². The van der Waals surface area contributed by atoms with Gasteiger partial charge < -0.3 is 20.4 Å². The molecule has 0 spiro atoms. The van der Waals surface area contributed by atoms with Crippen molar-refractivity contribution in [2.75, 3.05) is 46.3 Å². The summed E-state index contributed by atoms with van der Waals surface area (Å²) in [4.78, 5) is 20.7. The summed E-state index contributed by atoms with van der Waals surface area (Å²) in [7, 11) is 2.11. The van der Waals surface area contributed by atoms with Crippen molar-refractivity contribution in [3.05, 3.63) is 35.9 Å². The molecule has 0 bridgehead atoms. The maximum Gasteiger partial charge on any atom is 0.244 e. The van der Waals surface area contributed by atoms with E-state index >= 15 is 0 Å². The van der Waals surface area contributed by atoms with Crippen molar-refractivity contribution in [3.63, 3.8) is 0 Å². The maximum atomic E-state index is 12.1. The molecule has 25 heavy (non-hydrogen) atoms. The fraction of sp³-hybridized carbons (Fsp3) is 0.579. The number of nitrogens with zero attached hydrogens (tertiary/aromatic N) is 3. The molecule has 6 heteroatoms. The van der Waals surface area contributed by atoms with Crippen LogP contribution in [-0.2, 0) is 11.3 Å². The molecule has 1 aromatic carbocycles. The minimum atomic E-state index is 0.121. The van der Waals surface area contributed by atoms with Crippen molar-refractivity contribution in [2.24, 2.45) is 4.99 Å². The molecule has 1 saturated heterocycles. The van der Waals surface area contributed by atoms with Crippen molar-refractivity contribution in [1.29, 1.82) is 0 Å². The zero-order chi connectivity index (χ0) is 17.9. The highest BCUT2D eigenvalue weighted by Gasteiger charge is 2.17. The van der Waals surface area contributed by atoms with Crippen LogP contribution in [0.15, 0.2) is 35.3 Å². The summed E-state index contributed by atoms with van der Waals surface area (Å²) in [6.07, 6.45) is 2.23. The molecule has 138 valence electrons. The second-order valence-electron chi connectivity index (χ2n) is 6.43. The molecule has 1 fully saturated rings. The Kier molecular flexibility index (Phi) is 8.25. The fourth-order valence-electron chi connectivity index (χ4n) is 2.89. The molecule has 0 aliphatic carbocycles. The van der Waals surface area contributed by atoms with E-state index in [9.17, 15) is 4.79 Å². The monoisotopic (exact) mass is 345 g/mol. The average Bonchev–Trinajstić information content (AvgIpc) is 3.15. The highest BCUT2D eigenvalue weighted by atomic mass is 16.2. The standard InChI is InChI=1S/C19H31N5O/c1-3-20-19(22-15-18(25)24-12-7-8-13-24)21-11-14-23(2)16-17-9-5-4-6-10-17/h4-6,9-10H,3,7-8,11-16H2,1-2H3,(H2,20,21,22). The summed E-state index contributed by atoms with van der Waals surface area (Å²) in [6, 6.07) is 10.4. The van der Waals surface area contributed by atoms with E-state index in [2.05, 4.69) is 51.8 Å². The van der Waals surface area contributed by atoms with Gasteiger partial charge in [0.1, 0.15) is 6.54 Å². The van der Waals surface area contributed by atoms with Gasteiger partial charge in [-0.1, -0.05) is 30.3 Å². The van der Waals surface area contributed by atoms with E-state index in [0.29, 0.717) is 5.96 Å². The van der Waals surface area contributed by atoms with Crippen LogP contribution in [-0.4, -0.2) is 68.0 Å². The van der Waals surface area contributed by atoms with Crippen LogP contribution >= 0.6 is 0 Å². The summed E-state index contributed by atoms with van der Waals surface area (Å²) in [5.41, 5.74) is 1.31. The second kappa shape index (κ2) is 10.7. The molecular weight excluding hydrogens is 314 g/mol. The number of rotatable bonds is 8. The minimum absolute atomic E-state index is 0.121. The average molecular weight is 345 g/mol. The first-order valence-corrected chi connectivity index (χ1v) is 9.21. The Labute approximate surface area is 151 Å². The van der Waals surface area contributed by atoms with Crippen LogP contribution in [0.2, 0.25) is 0 Å². The molecule has 2 N–H and O–H groups in total. The maximum absolute atomic E-state index is 12.1. The summed E-state index contributed by atoms with van der Waals surface area (Å²) in [5.74, 6) is 0.832. The van der Waals surface area contributed by atoms with Crippen LogP contribution < -0.4 is 10.6 Å². The van der Waals surface area contributed by atoms with Gasteiger partial charge in [-0.2, -0.15) is 0 Å². The highest BCUT2D eigenvalue weighted by molar-refractivity contribution is 5.85. The van der Waals surface area contributed by atoms with Crippen LogP contribution in [0.1, 0.15) is 25.3 Å². The number of amides is 1. The van der Waals surface area contributed by atoms with Crippen LogP contribution in [0, 0.1) is 0 Å². The number of likely N-dealkylation sites (tertiary alicyclic amines) is 1. The lowest BCUT2D eigenvalue weighted by Crippen LogP contribution is -2.41. The molecule has 0 radical (unpaired) electrons. The van der Waals surface area contributed by atoms with Crippen LogP contribution in [0.3, 0.4) is 0 Å². The summed E-state index contributed by atoms with van der Waals surface area (Å²) >= 11 is 0. The number of likely N-dealkylation sites (N-methyl/N-ethyl adjacent to an activating group) is 1. The predicted molar refractivity (Wildman–Crippen MR) is 103 cm³/mol. The van der Waals surface area contributed by atoms with Gasteiger partial charge in [0.15, 0.2) is 5.96 Å². The first-order chi connectivity index (χ1) is 12.2. The number of guanidine groups is 1. The smallest absolute Gasteiger partial charge is 0.244 e. The molecule has 1 heterocycles. The number of aliphatic imine (C=N–C) groups is 1. The molecular formula is C19H31N5O. The molecule has 1 amide bonds. The van der Waals surface area contributed by atoms with E-state index in [1.165, 1.54) is 5.56 Å². The summed E-state index contributed by atoms with van der Waals surface area (Å²) in [6.45, 7) is 7.39. The number of nitrogens with one attached hydrogen (secondary N) is 2. The Morgan fingerprint density at radius 1 is 1.20 bits per heavy atom. The molecule has 1 aliphatic heterocycles. The second-order valence-corrected chi connectivity index (χ2v) is 6.43. The van der Waals surface area contributed by atoms with Gasteiger partial charge in [0.2, 0.25) is 5.91 Å². The highest BCUT2D eigenvalue weighted by Crippen LogP contribution is 2.07. The Morgan fingerprint density at radius 2 is 1.92 bits per heavy atom. The third kappa shape index (κ3) is 7.13. The Bertz CT molecular complexity index is 540. The number of benzene rings is 1. The normalized spacial score (nSPS) is 14.8. The molecule has 0 unspecified atom stereocenters. The molecule has 0 atom stereocenters. The predicted octanol–water partition coefficient (Wildman–Crippen LogP) is 1.30. The lowest BCUT2D eigenvalue weighted by atomic mass is 10.2. The Hall–Kier alpha value is -2.08.